The zero-order valence-electron chi connectivity index (χ0n) is 10.0. The molecule has 98 valence electrons. The fourth-order valence-electron chi connectivity index (χ4n) is 1.58. The molecule has 0 aromatic heterocycles. The first kappa shape index (κ1) is 14.1. The topological polar surface area (TPSA) is 89.7 Å². The maximum absolute atomic E-state index is 10.8. The SMILES string of the molecule is CC(=O)OCC(CO)Cc1ccccc1[N+](=O)[O-]. The largest absolute Gasteiger partial charge is 0.465 e. The number of ether oxygens (including phenoxy) is 1. The minimum Gasteiger partial charge on any atom is -0.465 e. The summed E-state index contributed by atoms with van der Waals surface area (Å²) in [7, 11) is 0. The number of carbonyl (C=O) groups is 1. The minimum atomic E-state index is -0.463. The zero-order valence-corrected chi connectivity index (χ0v) is 10.0. The number of aliphatic hydroxyl groups excluding tert-OH is 1. The van der Waals surface area contributed by atoms with Crippen LogP contribution in [0.3, 0.4) is 0 Å². The number of carbonyl (C=O) groups excluding carboxylic acids is 1. The second-order valence-corrected chi connectivity index (χ2v) is 3.94. The van der Waals surface area contributed by atoms with Crippen LogP contribution < -0.4 is 0 Å². The van der Waals surface area contributed by atoms with Crippen LogP contribution in [0.25, 0.3) is 0 Å². The third kappa shape index (κ3) is 4.14. The van der Waals surface area contributed by atoms with Crippen molar-refractivity contribution in [2.75, 3.05) is 13.2 Å². The molecular weight excluding hydrogens is 238 g/mol. The van der Waals surface area contributed by atoms with Gasteiger partial charge in [0.1, 0.15) is 0 Å². The smallest absolute Gasteiger partial charge is 0.302 e. The molecule has 1 aromatic carbocycles. The quantitative estimate of drug-likeness (QED) is 0.469. The second-order valence-electron chi connectivity index (χ2n) is 3.94. The van der Waals surface area contributed by atoms with E-state index in [0.717, 1.165) is 0 Å². The fourth-order valence-corrected chi connectivity index (χ4v) is 1.58. The average molecular weight is 253 g/mol. The molecule has 0 saturated heterocycles. The highest BCUT2D eigenvalue weighted by atomic mass is 16.6. The lowest BCUT2D eigenvalue weighted by Crippen LogP contribution is -2.19. The van der Waals surface area contributed by atoms with Gasteiger partial charge >= 0.3 is 5.97 Å². The van der Waals surface area contributed by atoms with Gasteiger partial charge < -0.3 is 9.84 Å². The van der Waals surface area contributed by atoms with E-state index in [2.05, 4.69) is 0 Å². The van der Waals surface area contributed by atoms with Gasteiger partial charge in [-0.15, -0.1) is 0 Å². The minimum absolute atomic E-state index is 0.0128. The average Bonchev–Trinajstić information content (AvgIpc) is 2.34. The lowest BCUT2D eigenvalue weighted by Gasteiger charge is -2.13. The predicted octanol–water partition coefficient (Wildman–Crippen LogP) is 1.31. The second kappa shape index (κ2) is 6.70. The van der Waals surface area contributed by atoms with Gasteiger partial charge in [0, 0.05) is 31.1 Å². The van der Waals surface area contributed by atoms with E-state index < -0.39 is 10.9 Å². The molecule has 0 fully saturated rings. The molecule has 0 radical (unpaired) electrons. The van der Waals surface area contributed by atoms with Gasteiger partial charge in [-0.1, -0.05) is 18.2 Å². The number of nitro groups is 1. The third-order valence-corrected chi connectivity index (χ3v) is 2.48. The Morgan fingerprint density at radius 3 is 2.72 bits per heavy atom. The van der Waals surface area contributed by atoms with Crippen molar-refractivity contribution < 1.29 is 19.6 Å². The Balaban J connectivity index is 2.75. The molecule has 0 aliphatic rings. The summed E-state index contributed by atoms with van der Waals surface area (Å²) in [5, 5.41) is 20.0. The third-order valence-electron chi connectivity index (χ3n) is 2.48. The van der Waals surface area contributed by atoms with Crippen LogP contribution in [-0.2, 0) is 16.0 Å². The maximum Gasteiger partial charge on any atom is 0.302 e. The summed E-state index contributed by atoms with van der Waals surface area (Å²) < 4.78 is 4.80. The highest BCUT2D eigenvalue weighted by molar-refractivity contribution is 5.65. The van der Waals surface area contributed by atoms with E-state index in [1.165, 1.54) is 13.0 Å². The summed E-state index contributed by atoms with van der Waals surface area (Å²) >= 11 is 0. The van der Waals surface area contributed by atoms with Crippen molar-refractivity contribution in [3.8, 4) is 0 Å². The van der Waals surface area contributed by atoms with Gasteiger partial charge in [-0.2, -0.15) is 0 Å². The van der Waals surface area contributed by atoms with Gasteiger partial charge in [0.2, 0.25) is 0 Å². The van der Waals surface area contributed by atoms with Crippen LogP contribution in [-0.4, -0.2) is 29.2 Å². The number of para-hydroxylation sites is 1. The van der Waals surface area contributed by atoms with Gasteiger partial charge in [-0.05, 0) is 6.42 Å². The lowest BCUT2D eigenvalue weighted by atomic mass is 9.99. The summed E-state index contributed by atoms with van der Waals surface area (Å²) in [6.45, 7) is 1.14. The molecule has 0 aliphatic heterocycles. The number of hydrogen-bond acceptors (Lipinski definition) is 5. The molecule has 0 amide bonds. The van der Waals surface area contributed by atoms with Crippen molar-refractivity contribution >= 4 is 11.7 Å². The first-order valence-corrected chi connectivity index (χ1v) is 5.51. The van der Waals surface area contributed by atoms with Crippen LogP contribution in [0, 0.1) is 16.0 Å². The number of esters is 1. The molecule has 6 nitrogen and oxygen atoms in total. The molecule has 1 unspecified atom stereocenters. The molecule has 0 heterocycles. The standard InChI is InChI=1S/C12H15NO5/c1-9(15)18-8-10(7-14)6-11-4-2-3-5-12(11)13(16)17/h2-5,10,14H,6-8H2,1H3. The molecule has 0 aliphatic carbocycles. The summed E-state index contributed by atoms with van der Waals surface area (Å²) in [6, 6.07) is 6.33. The van der Waals surface area contributed by atoms with Crippen molar-refractivity contribution in [3.63, 3.8) is 0 Å². The number of aliphatic hydroxyl groups is 1. The van der Waals surface area contributed by atoms with Crippen LogP contribution in [0.2, 0.25) is 0 Å². The molecule has 1 atom stereocenters. The van der Waals surface area contributed by atoms with E-state index >= 15 is 0 Å². The Morgan fingerprint density at radius 2 is 2.17 bits per heavy atom. The number of nitrogens with zero attached hydrogens (tertiary/aromatic N) is 1. The van der Waals surface area contributed by atoms with E-state index in [1.807, 2.05) is 0 Å². The van der Waals surface area contributed by atoms with E-state index in [0.29, 0.717) is 12.0 Å². The number of hydrogen-bond donors (Lipinski definition) is 1. The Kier molecular flexibility index (Phi) is 5.26. The normalized spacial score (nSPS) is 11.9. The Labute approximate surface area is 104 Å². The van der Waals surface area contributed by atoms with Crippen LogP contribution in [0.5, 0.6) is 0 Å². The summed E-state index contributed by atoms with van der Waals surface area (Å²) in [6.07, 6.45) is 0.293. The number of benzene rings is 1. The number of rotatable bonds is 6. The highest BCUT2D eigenvalue weighted by Crippen LogP contribution is 2.21. The summed E-state index contributed by atoms with van der Waals surface area (Å²) in [4.78, 5) is 21.0. The predicted molar refractivity (Wildman–Crippen MR) is 64.0 cm³/mol. The number of nitro benzene ring substituents is 1. The van der Waals surface area contributed by atoms with Crippen molar-refractivity contribution in [2.24, 2.45) is 5.92 Å². The Morgan fingerprint density at radius 1 is 1.50 bits per heavy atom. The molecular formula is C12H15NO5. The zero-order chi connectivity index (χ0) is 13.5. The van der Waals surface area contributed by atoms with Gasteiger partial charge in [0.05, 0.1) is 11.5 Å². The van der Waals surface area contributed by atoms with Crippen LogP contribution in [0.15, 0.2) is 24.3 Å². The molecule has 1 rings (SSSR count). The fraction of sp³-hybridized carbons (Fsp3) is 0.417. The van der Waals surface area contributed by atoms with Gasteiger partial charge in [-0.3, -0.25) is 14.9 Å². The molecule has 0 saturated carbocycles. The first-order valence-electron chi connectivity index (χ1n) is 5.51. The summed E-state index contributed by atoms with van der Waals surface area (Å²) in [5.41, 5.74) is 0.535. The van der Waals surface area contributed by atoms with Crippen molar-refractivity contribution in [1.82, 2.24) is 0 Å². The molecule has 1 aromatic rings. The molecule has 0 spiro atoms. The Bertz CT molecular complexity index is 432. The van der Waals surface area contributed by atoms with E-state index in [4.69, 9.17) is 9.84 Å². The summed E-state index contributed by atoms with van der Waals surface area (Å²) in [5.74, 6) is -0.772. The van der Waals surface area contributed by atoms with Crippen LogP contribution in [0.1, 0.15) is 12.5 Å². The van der Waals surface area contributed by atoms with Crippen molar-refractivity contribution in [2.45, 2.75) is 13.3 Å². The maximum atomic E-state index is 10.8. The van der Waals surface area contributed by atoms with Crippen LogP contribution in [0.4, 0.5) is 5.69 Å². The lowest BCUT2D eigenvalue weighted by molar-refractivity contribution is -0.385. The van der Waals surface area contributed by atoms with E-state index in [9.17, 15) is 14.9 Å². The molecule has 1 N–H and O–H groups in total. The van der Waals surface area contributed by atoms with Crippen molar-refractivity contribution in [3.05, 3.63) is 39.9 Å². The van der Waals surface area contributed by atoms with Gasteiger partial charge in [0.15, 0.2) is 0 Å². The molecule has 6 heteroatoms. The molecule has 18 heavy (non-hydrogen) atoms. The van der Waals surface area contributed by atoms with Crippen molar-refractivity contribution in [1.29, 1.82) is 0 Å². The Hall–Kier alpha value is -1.95. The monoisotopic (exact) mass is 253 g/mol. The van der Waals surface area contributed by atoms with Gasteiger partial charge in [-0.25, -0.2) is 0 Å². The van der Waals surface area contributed by atoms with Gasteiger partial charge in [0.25, 0.3) is 5.69 Å². The van der Waals surface area contributed by atoms with E-state index in [1.54, 1.807) is 18.2 Å². The van der Waals surface area contributed by atoms with E-state index in [-0.39, 0.29) is 24.8 Å². The highest BCUT2D eigenvalue weighted by Gasteiger charge is 2.17. The molecule has 0 bridgehead atoms. The van der Waals surface area contributed by atoms with Crippen LogP contribution >= 0.6 is 0 Å². The first-order chi connectivity index (χ1) is 8.54.